The minimum Gasteiger partial charge on any atom is -0.351 e. The summed E-state index contributed by atoms with van der Waals surface area (Å²) in [5.74, 6) is -0.00750. The lowest BCUT2D eigenvalue weighted by molar-refractivity contribution is -0.123. The van der Waals surface area contributed by atoms with Gasteiger partial charge in [-0.1, -0.05) is 90.5 Å². The van der Waals surface area contributed by atoms with Crippen molar-refractivity contribution in [1.29, 1.82) is 0 Å². The Morgan fingerprint density at radius 3 is 2.00 bits per heavy atom. The van der Waals surface area contributed by atoms with Gasteiger partial charge in [0.1, 0.15) is 0 Å². The van der Waals surface area contributed by atoms with Gasteiger partial charge >= 0.3 is 0 Å². The highest BCUT2D eigenvalue weighted by molar-refractivity contribution is 5.81. The molecule has 0 spiro atoms. The van der Waals surface area contributed by atoms with Crippen LogP contribution < -0.4 is 10.6 Å². The van der Waals surface area contributed by atoms with Gasteiger partial charge in [-0.3, -0.25) is 10.1 Å². The summed E-state index contributed by atoms with van der Waals surface area (Å²) < 4.78 is 0. The minimum absolute atomic E-state index is 0.00750. The smallest absolute Gasteiger partial charge is 0.237 e. The molecule has 0 aliphatic heterocycles. The van der Waals surface area contributed by atoms with Crippen molar-refractivity contribution in [2.24, 2.45) is 0 Å². The molecule has 0 saturated heterocycles. The van der Waals surface area contributed by atoms with Gasteiger partial charge in [-0.2, -0.15) is 0 Å². The summed E-state index contributed by atoms with van der Waals surface area (Å²) in [5.41, 5.74) is 4.61. The molecule has 3 aromatic rings. The van der Waals surface area contributed by atoms with Crippen LogP contribution in [-0.2, 0) is 11.3 Å². The van der Waals surface area contributed by atoms with Crippen LogP contribution in [0.4, 0.5) is 0 Å². The van der Waals surface area contributed by atoms with E-state index in [0.717, 1.165) is 16.7 Å². The first-order chi connectivity index (χ1) is 13.1. The van der Waals surface area contributed by atoms with Crippen molar-refractivity contribution >= 4 is 5.91 Å². The molecule has 2 atom stereocenters. The van der Waals surface area contributed by atoms with Crippen LogP contribution >= 0.6 is 0 Å². The predicted molar refractivity (Wildman–Crippen MR) is 110 cm³/mol. The molecule has 0 saturated carbocycles. The van der Waals surface area contributed by atoms with Crippen LogP contribution in [0.3, 0.4) is 0 Å². The number of nitrogens with one attached hydrogen (secondary N) is 2. The van der Waals surface area contributed by atoms with E-state index in [1.54, 1.807) is 0 Å². The molecule has 0 heterocycles. The zero-order valence-corrected chi connectivity index (χ0v) is 15.9. The summed E-state index contributed by atoms with van der Waals surface area (Å²) in [6.07, 6.45) is 0. The van der Waals surface area contributed by atoms with Crippen LogP contribution in [0.15, 0.2) is 84.9 Å². The predicted octanol–water partition coefficient (Wildman–Crippen LogP) is 4.38. The fourth-order valence-electron chi connectivity index (χ4n) is 3.05. The second kappa shape index (κ2) is 9.15. The molecule has 2 N–H and O–H groups in total. The van der Waals surface area contributed by atoms with E-state index in [9.17, 15) is 4.79 Å². The van der Waals surface area contributed by atoms with Crippen LogP contribution in [0.2, 0.25) is 0 Å². The normalized spacial score (nSPS) is 13.0. The van der Waals surface area contributed by atoms with Gasteiger partial charge < -0.3 is 5.32 Å². The molecule has 3 nitrogen and oxygen atoms in total. The summed E-state index contributed by atoms with van der Waals surface area (Å²) in [7, 11) is 0. The third-order valence-electron chi connectivity index (χ3n) is 4.66. The fourth-order valence-corrected chi connectivity index (χ4v) is 3.05. The summed E-state index contributed by atoms with van der Waals surface area (Å²) in [4.78, 5) is 12.6. The molecular weight excluding hydrogens is 332 g/mol. The molecule has 0 bridgehead atoms. The third-order valence-corrected chi connectivity index (χ3v) is 4.66. The van der Waals surface area contributed by atoms with E-state index < -0.39 is 0 Å². The highest BCUT2D eigenvalue weighted by Crippen LogP contribution is 2.23. The van der Waals surface area contributed by atoms with Gasteiger partial charge in [0.25, 0.3) is 0 Å². The Hall–Kier alpha value is -2.91. The number of aryl methyl sites for hydroxylation is 1. The molecule has 27 heavy (non-hydrogen) atoms. The Morgan fingerprint density at radius 1 is 0.815 bits per heavy atom. The number of rotatable bonds is 7. The maximum Gasteiger partial charge on any atom is 0.237 e. The molecule has 138 valence electrons. The third kappa shape index (κ3) is 5.28. The van der Waals surface area contributed by atoms with Crippen molar-refractivity contribution in [2.45, 2.75) is 32.5 Å². The maximum atomic E-state index is 12.6. The molecular formula is C24H26N2O. The Kier molecular flexibility index (Phi) is 6.39. The van der Waals surface area contributed by atoms with Crippen molar-refractivity contribution in [1.82, 2.24) is 10.6 Å². The van der Waals surface area contributed by atoms with Crippen molar-refractivity contribution in [3.8, 4) is 0 Å². The maximum absolute atomic E-state index is 12.6. The molecule has 3 heteroatoms. The number of carbonyl (C=O) groups is 1. The van der Waals surface area contributed by atoms with Crippen LogP contribution in [0.25, 0.3) is 0 Å². The lowest BCUT2D eigenvalue weighted by atomic mass is 9.97. The van der Waals surface area contributed by atoms with E-state index in [1.165, 1.54) is 5.56 Å². The van der Waals surface area contributed by atoms with Gasteiger partial charge in [0, 0.05) is 6.54 Å². The first-order valence-corrected chi connectivity index (χ1v) is 9.32. The van der Waals surface area contributed by atoms with Gasteiger partial charge in [0.05, 0.1) is 12.1 Å². The molecule has 0 fully saturated rings. The van der Waals surface area contributed by atoms with E-state index in [1.807, 2.05) is 55.5 Å². The molecule has 0 aromatic heterocycles. The van der Waals surface area contributed by atoms with E-state index in [4.69, 9.17) is 0 Å². The van der Waals surface area contributed by atoms with Crippen LogP contribution in [0, 0.1) is 6.92 Å². The SMILES string of the molecule is Cc1ccc([C@@H](N[C@H](C)C(=O)NCc2ccccc2)c2ccccc2)cc1. The van der Waals surface area contributed by atoms with Gasteiger partial charge in [0.2, 0.25) is 5.91 Å². The van der Waals surface area contributed by atoms with Crippen molar-refractivity contribution in [3.05, 3.63) is 107 Å². The number of benzene rings is 3. The van der Waals surface area contributed by atoms with E-state index in [0.29, 0.717) is 6.54 Å². The summed E-state index contributed by atoms with van der Waals surface area (Å²) in [6.45, 7) is 4.52. The average molecular weight is 358 g/mol. The van der Waals surface area contributed by atoms with Crippen molar-refractivity contribution in [2.75, 3.05) is 0 Å². The van der Waals surface area contributed by atoms with Crippen molar-refractivity contribution in [3.63, 3.8) is 0 Å². The quantitative estimate of drug-likeness (QED) is 0.658. The zero-order chi connectivity index (χ0) is 19.1. The van der Waals surface area contributed by atoms with Gasteiger partial charge in [-0.25, -0.2) is 0 Å². The van der Waals surface area contributed by atoms with Gasteiger partial charge in [-0.05, 0) is 30.5 Å². The van der Waals surface area contributed by atoms with Crippen molar-refractivity contribution < 1.29 is 4.79 Å². The minimum atomic E-state index is -0.319. The molecule has 1 amide bonds. The number of hydrogen-bond donors (Lipinski definition) is 2. The largest absolute Gasteiger partial charge is 0.351 e. The van der Waals surface area contributed by atoms with Crippen LogP contribution in [-0.4, -0.2) is 11.9 Å². The van der Waals surface area contributed by atoms with E-state index in [-0.39, 0.29) is 18.0 Å². The van der Waals surface area contributed by atoms with E-state index in [2.05, 4.69) is 54.0 Å². The Labute approximate surface area is 161 Å². The van der Waals surface area contributed by atoms with Crippen LogP contribution in [0.5, 0.6) is 0 Å². The monoisotopic (exact) mass is 358 g/mol. The lowest BCUT2D eigenvalue weighted by Gasteiger charge is -2.24. The molecule has 3 rings (SSSR count). The second-order valence-electron chi connectivity index (χ2n) is 6.85. The summed E-state index contributed by atoms with van der Waals surface area (Å²) in [6, 6.07) is 28.3. The first-order valence-electron chi connectivity index (χ1n) is 9.32. The van der Waals surface area contributed by atoms with Gasteiger partial charge in [-0.15, -0.1) is 0 Å². The lowest BCUT2D eigenvalue weighted by Crippen LogP contribution is -2.43. The Balaban J connectivity index is 1.71. The van der Waals surface area contributed by atoms with Gasteiger partial charge in [0.15, 0.2) is 0 Å². The molecule has 0 aliphatic rings. The topological polar surface area (TPSA) is 41.1 Å². The second-order valence-corrected chi connectivity index (χ2v) is 6.85. The van der Waals surface area contributed by atoms with E-state index >= 15 is 0 Å². The highest BCUT2D eigenvalue weighted by Gasteiger charge is 2.20. The molecule has 0 aliphatic carbocycles. The Morgan fingerprint density at radius 2 is 1.37 bits per heavy atom. The first kappa shape index (κ1) is 18.9. The highest BCUT2D eigenvalue weighted by atomic mass is 16.2. The molecule has 0 radical (unpaired) electrons. The standard InChI is InChI=1S/C24H26N2O/c1-18-13-15-22(16-14-18)23(21-11-7-4-8-12-21)26-19(2)24(27)25-17-20-9-5-3-6-10-20/h3-16,19,23,26H,17H2,1-2H3,(H,25,27)/t19-,23+/m1/s1. The average Bonchev–Trinajstić information content (AvgIpc) is 2.72. The number of carbonyl (C=O) groups excluding carboxylic acids is 1. The summed E-state index contributed by atoms with van der Waals surface area (Å²) in [5, 5.41) is 6.51. The van der Waals surface area contributed by atoms with Crippen LogP contribution in [0.1, 0.15) is 35.2 Å². The molecule has 0 unspecified atom stereocenters. The summed E-state index contributed by atoms with van der Waals surface area (Å²) >= 11 is 0. The molecule has 3 aromatic carbocycles. The fraction of sp³-hybridized carbons (Fsp3) is 0.208. The Bertz CT molecular complexity index is 845. The number of amides is 1. The zero-order valence-electron chi connectivity index (χ0n) is 15.9. The number of hydrogen-bond acceptors (Lipinski definition) is 2.